The molecule has 1 aliphatic heterocycles. The second-order valence-corrected chi connectivity index (χ2v) is 9.44. The number of amides is 1. The van der Waals surface area contributed by atoms with Crippen LogP contribution >= 0.6 is 11.6 Å². The minimum atomic E-state index is -1.37. The first-order chi connectivity index (χ1) is 17.6. The summed E-state index contributed by atoms with van der Waals surface area (Å²) in [6.45, 7) is 1.04. The molecule has 2 aromatic carbocycles. The highest BCUT2D eigenvalue weighted by Crippen LogP contribution is 2.27. The lowest BCUT2D eigenvalue weighted by atomic mass is 9.99. The van der Waals surface area contributed by atoms with E-state index in [1.54, 1.807) is 35.0 Å². The van der Waals surface area contributed by atoms with Crippen molar-refractivity contribution in [3.63, 3.8) is 0 Å². The number of esters is 1. The number of para-hydroxylation sites is 1. The summed E-state index contributed by atoms with van der Waals surface area (Å²) in [5.41, 5.74) is 1.24. The fourth-order valence-electron chi connectivity index (χ4n) is 4.75. The van der Waals surface area contributed by atoms with Crippen molar-refractivity contribution in [2.75, 3.05) is 13.7 Å². The fraction of sp³-hybridized carbons (Fsp3) is 0.333. The second kappa shape index (κ2) is 10.8. The van der Waals surface area contributed by atoms with Gasteiger partial charge < -0.3 is 14.2 Å². The van der Waals surface area contributed by atoms with Crippen molar-refractivity contribution in [3.05, 3.63) is 70.1 Å². The Morgan fingerprint density at radius 2 is 1.89 bits per heavy atom. The van der Waals surface area contributed by atoms with E-state index in [-0.39, 0.29) is 54.3 Å². The van der Waals surface area contributed by atoms with Crippen molar-refractivity contribution >= 4 is 45.9 Å². The maximum absolute atomic E-state index is 14.5. The molecule has 37 heavy (non-hydrogen) atoms. The predicted octanol–water partition coefficient (Wildman–Crippen LogP) is 4.56. The van der Waals surface area contributed by atoms with Gasteiger partial charge >= 0.3 is 5.97 Å². The van der Waals surface area contributed by atoms with Gasteiger partial charge in [0, 0.05) is 35.5 Å². The van der Waals surface area contributed by atoms with Crippen LogP contribution in [0.3, 0.4) is 0 Å². The Morgan fingerprint density at radius 3 is 2.59 bits per heavy atom. The molecule has 0 bridgehead atoms. The average Bonchev–Trinajstić information content (AvgIpc) is 3.45. The summed E-state index contributed by atoms with van der Waals surface area (Å²) in [5.74, 6) is -2.49. The number of rotatable bonds is 8. The molecule has 1 amide bonds. The van der Waals surface area contributed by atoms with Gasteiger partial charge in [-0.1, -0.05) is 29.8 Å². The summed E-state index contributed by atoms with van der Waals surface area (Å²) in [6, 6.07) is 8.55. The van der Waals surface area contributed by atoms with Crippen molar-refractivity contribution in [2.45, 2.75) is 44.9 Å². The third-order valence-corrected chi connectivity index (χ3v) is 6.86. The normalized spacial score (nSPS) is 17.3. The van der Waals surface area contributed by atoms with E-state index in [1.165, 1.54) is 25.0 Å². The Labute approximate surface area is 216 Å². The zero-order chi connectivity index (χ0) is 26.9. The first-order valence-corrected chi connectivity index (χ1v) is 12.1. The Hall–Kier alpha value is -3.59. The molecule has 0 N–H and O–H groups in total. The number of aromatic nitrogens is 1. The smallest absolute Gasteiger partial charge is 0.337 e. The molecule has 2 atom stereocenters. The summed E-state index contributed by atoms with van der Waals surface area (Å²) in [5, 5.41) is 0.422. The summed E-state index contributed by atoms with van der Waals surface area (Å²) in [4.78, 5) is 51.3. The van der Waals surface area contributed by atoms with E-state index < -0.39 is 35.7 Å². The molecule has 0 aliphatic carbocycles. The average molecular weight is 531 g/mol. The zero-order valence-electron chi connectivity index (χ0n) is 20.3. The molecule has 4 rings (SSSR count). The minimum Gasteiger partial charge on any atom is -0.465 e. The van der Waals surface area contributed by atoms with Crippen LogP contribution in [-0.4, -0.2) is 58.8 Å². The molecule has 0 saturated carbocycles. The molecule has 1 fully saturated rings. The van der Waals surface area contributed by atoms with Crippen molar-refractivity contribution in [3.8, 4) is 0 Å². The first-order valence-electron chi connectivity index (χ1n) is 11.7. The molecule has 10 heteroatoms. The molecule has 3 aromatic rings. The third-order valence-electron chi connectivity index (χ3n) is 6.58. The lowest BCUT2D eigenvalue weighted by Gasteiger charge is -2.24. The predicted molar refractivity (Wildman–Crippen MR) is 133 cm³/mol. The molecule has 1 saturated heterocycles. The number of carbonyl (C=O) groups excluding carboxylic acids is 4. The van der Waals surface area contributed by atoms with Crippen LogP contribution in [0.15, 0.2) is 42.6 Å². The second-order valence-electron chi connectivity index (χ2n) is 9.03. The molecular weight excluding hydrogens is 506 g/mol. The van der Waals surface area contributed by atoms with Gasteiger partial charge in [0.1, 0.15) is 18.5 Å². The first kappa shape index (κ1) is 26.5. The monoisotopic (exact) mass is 530 g/mol. The summed E-state index contributed by atoms with van der Waals surface area (Å²) in [6.07, 6.45) is -0.206. The van der Waals surface area contributed by atoms with Crippen LogP contribution < -0.4 is 0 Å². The highest BCUT2D eigenvalue weighted by atomic mass is 35.5. The molecule has 0 spiro atoms. The molecule has 1 aromatic heterocycles. The molecule has 1 aliphatic rings. The number of nitrogens with zero attached hydrogens (tertiary/aromatic N) is 2. The Balaban J connectivity index is 1.50. The maximum atomic E-state index is 14.5. The van der Waals surface area contributed by atoms with Gasteiger partial charge in [-0.05, 0) is 37.1 Å². The highest BCUT2D eigenvalue weighted by Gasteiger charge is 2.39. The Bertz CT molecular complexity index is 1400. The van der Waals surface area contributed by atoms with Crippen molar-refractivity contribution in [1.29, 1.82) is 0 Å². The van der Waals surface area contributed by atoms with Crippen LogP contribution in [0.1, 0.15) is 46.0 Å². The lowest BCUT2D eigenvalue weighted by Crippen LogP contribution is -2.42. The van der Waals surface area contributed by atoms with Gasteiger partial charge in [-0.3, -0.25) is 14.4 Å². The number of benzene rings is 2. The third kappa shape index (κ3) is 5.41. The van der Waals surface area contributed by atoms with Crippen LogP contribution in [0.5, 0.6) is 0 Å². The molecule has 194 valence electrons. The number of carbonyl (C=O) groups is 4. The molecular formula is C27H25ClF2N2O5. The zero-order valence-corrected chi connectivity index (χ0v) is 21.1. The van der Waals surface area contributed by atoms with Gasteiger partial charge in [0.25, 0.3) is 0 Å². The largest absolute Gasteiger partial charge is 0.465 e. The van der Waals surface area contributed by atoms with Gasteiger partial charge in [0.05, 0.1) is 30.3 Å². The van der Waals surface area contributed by atoms with Crippen molar-refractivity contribution in [1.82, 2.24) is 9.47 Å². The van der Waals surface area contributed by atoms with Crippen LogP contribution in [0.25, 0.3) is 10.9 Å². The number of ether oxygens (including phenoxy) is 1. The standard InChI is InChI=1S/C27H25ClF2N2O5/c1-15(33)20-13-31(22-6-4-3-5-19(20)22)14-25(35)32-12-18(29)11-23(32)24(34)8-7-16-9-17(27(36)37-2)10-21(28)26(16)30/h3-6,9-10,13,18,23H,7-8,11-12,14H2,1-2H3/t18-,23+/m1/s1. The number of hydrogen-bond donors (Lipinski definition) is 0. The van der Waals surface area contributed by atoms with Crippen LogP contribution in [0, 0.1) is 5.82 Å². The number of Topliss-reactive ketones (excluding diaryl/α,β-unsaturated/α-hetero) is 2. The molecule has 0 radical (unpaired) electrons. The van der Waals surface area contributed by atoms with E-state index in [4.69, 9.17) is 11.6 Å². The number of ketones is 2. The SMILES string of the molecule is COC(=O)c1cc(Cl)c(F)c(CCC(=O)[C@@H]2C[C@@H](F)CN2C(=O)Cn2cc(C(C)=O)c3ccccc32)c1. The van der Waals surface area contributed by atoms with E-state index in [2.05, 4.69) is 4.74 Å². The van der Waals surface area contributed by atoms with Crippen molar-refractivity contribution < 1.29 is 32.7 Å². The van der Waals surface area contributed by atoms with Gasteiger partial charge in [0.15, 0.2) is 11.6 Å². The number of halogens is 3. The number of hydrogen-bond acceptors (Lipinski definition) is 5. The van der Waals surface area contributed by atoms with E-state index in [1.807, 2.05) is 0 Å². The van der Waals surface area contributed by atoms with E-state index in [9.17, 15) is 28.0 Å². The summed E-state index contributed by atoms with van der Waals surface area (Å²) < 4.78 is 35.2. The van der Waals surface area contributed by atoms with Crippen LogP contribution in [-0.2, 0) is 27.3 Å². The molecule has 2 heterocycles. The number of methoxy groups -OCH3 is 1. The number of fused-ring (bicyclic) bond motifs is 1. The number of aryl methyl sites for hydroxylation is 1. The fourth-order valence-corrected chi connectivity index (χ4v) is 4.99. The van der Waals surface area contributed by atoms with Crippen LogP contribution in [0.2, 0.25) is 5.02 Å². The maximum Gasteiger partial charge on any atom is 0.337 e. The van der Waals surface area contributed by atoms with Crippen LogP contribution in [0.4, 0.5) is 8.78 Å². The molecule has 7 nitrogen and oxygen atoms in total. The number of likely N-dealkylation sites (tertiary alicyclic amines) is 1. The lowest BCUT2D eigenvalue weighted by molar-refractivity contribution is -0.138. The van der Waals surface area contributed by atoms with Gasteiger partial charge in [-0.2, -0.15) is 0 Å². The van der Waals surface area contributed by atoms with E-state index in [0.29, 0.717) is 16.5 Å². The highest BCUT2D eigenvalue weighted by molar-refractivity contribution is 6.31. The van der Waals surface area contributed by atoms with Gasteiger partial charge in [-0.15, -0.1) is 0 Å². The Morgan fingerprint density at radius 1 is 1.16 bits per heavy atom. The van der Waals surface area contributed by atoms with E-state index in [0.717, 1.165) is 6.07 Å². The Kier molecular flexibility index (Phi) is 7.73. The number of alkyl halides is 1. The van der Waals surface area contributed by atoms with Gasteiger partial charge in [-0.25, -0.2) is 13.6 Å². The van der Waals surface area contributed by atoms with E-state index >= 15 is 0 Å². The minimum absolute atomic E-state index is 0.0433. The summed E-state index contributed by atoms with van der Waals surface area (Å²) >= 11 is 5.89. The van der Waals surface area contributed by atoms with Crippen molar-refractivity contribution in [2.24, 2.45) is 0 Å². The topological polar surface area (TPSA) is 85.7 Å². The summed E-state index contributed by atoms with van der Waals surface area (Å²) in [7, 11) is 1.18. The molecule has 0 unspecified atom stereocenters. The van der Waals surface area contributed by atoms with Gasteiger partial charge in [0.2, 0.25) is 5.91 Å². The quantitative estimate of drug-likeness (QED) is 0.315.